The largest absolute Gasteiger partial charge is 0.733 e. The van der Waals surface area contributed by atoms with Crippen LogP contribution in [0.5, 0.6) is 11.5 Å². The van der Waals surface area contributed by atoms with Gasteiger partial charge < -0.3 is 15.2 Å². The fourth-order valence-electron chi connectivity index (χ4n) is 1.61. The number of nitrogens with one attached hydrogen (secondary N) is 1. The van der Waals surface area contributed by atoms with Gasteiger partial charge in [-0.2, -0.15) is 0 Å². The lowest BCUT2D eigenvalue weighted by Crippen LogP contribution is -2.11. The zero-order chi connectivity index (χ0) is 15.5. The maximum atomic E-state index is 11.3. The van der Waals surface area contributed by atoms with E-state index in [4.69, 9.17) is 9.94 Å². The van der Waals surface area contributed by atoms with Gasteiger partial charge in [-0.25, -0.2) is 8.42 Å². The molecule has 8 heteroatoms. The van der Waals surface area contributed by atoms with Crippen molar-refractivity contribution in [3.63, 3.8) is 0 Å². The summed E-state index contributed by atoms with van der Waals surface area (Å²) in [5.41, 5.74) is 0.0759. The van der Waals surface area contributed by atoms with Crippen molar-refractivity contribution >= 4 is 21.4 Å². The summed E-state index contributed by atoms with van der Waals surface area (Å²) in [6, 6.07) is 12.5. The van der Waals surface area contributed by atoms with Gasteiger partial charge in [-0.05, 0) is 24.3 Å². The van der Waals surface area contributed by atoms with Gasteiger partial charge in [0.2, 0.25) is 10.0 Å². The van der Waals surface area contributed by atoms with E-state index in [0.29, 0.717) is 5.75 Å². The predicted octanol–water partition coefficient (Wildman–Crippen LogP) is 2.54. The summed E-state index contributed by atoms with van der Waals surface area (Å²) >= 11 is 0. The fraction of sp³-hybridized carbons (Fsp3) is 0.0769. The molecule has 0 spiro atoms. The third-order valence-corrected chi connectivity index (χ3v) is 3.04. The molecule has 2 rings (SSSR count). The Kier molecular flexibility index (Phi) is 4.32. The predicted molar refractivity (Wildman–Crippen MR) is 79.1 cm³/mol. The van der Waals surface area contributed by atoms with E-state index in [9.17, 15) is 13.6 Å². The molecule has 0 bridgehead atoms. The average Bonchev–Trinajstić information content (AvgIpc) is 2.40. The molecule has 0 fully saturated rings. The van der Waals surface area contributed by atoms with Gasteiger partial charge in [0.25, 0.3) is 0 Å². The van der Waals surface area contributed by atoms with Crippen molar-refractivity contribution in [2.24, 2.45) is 0 Å². The molecule has 0 atom stereocenters. The van der Waals surface area contributed by atoms with Gasteiger partial charge in [0.1, 0.15) is 5.75 Å². The molecule has 2 aromatic carbocycles. The zero-order valence-corrected chi connectivity index (χ0v) is 11.9. The molecule has 2 N–H and O–H groups in total. The maximum Gasteiger partial charge on any atom is 0.229 e. The van der Waals surface area contributed by atoms with E-state index in [1.54, 1.807) is 30.3 Å². The number of sulfonamides is 1. The number of anilines is 2. The monoisotopic (exact) mass is 309 g/mol. The highest BCUT2D eigenvalue weighted by Crippen LogP contribution is 2.33. The summed E-state index contributed by atoms with van der Waals surface area (Å²) in [4.78, 5) is 0. The minimum atomic E-state index is -3.51. The van der Waals surface area contributed by atoms with Crippen LogP contribution in [0.1, 0.15) is 0 Å². The SMILES string of the molecule is CS(=O)(=O)Nc1ccc(N([O-])O)cc1Oc1ccccc1. The Morgan fingerprint density at radius 1 is 1.19 bits per heavy atom. The molecule has 0 saturated heterocycles. The van der Waals surface area contributed by atoms with Crippen LogP contribution in [0.4, 0.5) is 11.4 Å². The first-order chi connectivity index (χ1) is 9.85. The summed E-state index contributed by atoms with van der Waals surface area (Å²) in [6.07, 6.45) is 0.999. The van der Waals surface area contributed by atoms with Crippen molar-refractivity contribution < 1.29 is 18.4 Å². The van der Waals surface area contributed by atoms with E-state index in [2.05, 4.69) is 4.72 Å². The first kappa shape index (κ1) is 15.1. The molecule has 0 aliphatic heterocycles. The Morgan fingerprint density at radius 2 is 1.86 bits per heavy atom. The summed E-state index contributed by atoms with van der Waals surface area (Å²) in [5.74, 6) is 0.556. The van der Waals surface area contributed by atoms with Crippen LogP contribution >= 0.6 is 0 Å². The number of para-hydroxylation sites is 1. The molecule has 21 heavy (non-hydrogen) atoms. The molecule has 112 valence electrons. The van der Waals surface area contributed by atoms with Crippen LogP contribution in [0.2, 0.25) is 0 Å². The lowest BCUT2D eigenvalue weighted by Gasteiger charge is -2.23. The third kappa shape index (κ3) is 4.35. The van der Waals surface area contributed by atoms with E-state index in [1.165, 1.54) is 18.2 Å². The highest BCUT2D eigenvalue weighted by atomic mass is 32.2. The van der Waals surface area contributed by atoms with E-state index < -0.39 is 10.0 Å². The van der Waals surface area contributed by atoms with E-state index in [0.717, 1.165) is 6.26 Å². The van der Waals surface area contributed by atoms with Crippen molar-refractivity contribution in [2.45, 2.75) is 0 Å². The molecule has 0 radical (unpaired) electrons. The first-order valence-electron chi connectivity index (χ1n) is 5.86. The fourth-order valence-corrected chi connectivity index (χ4v) is 2.18. The lowest BCUT2D eigenvalue weighted by atomic mass is 10.2. The topological polar surface area (TPSA) is 102 Å². The molecule has 0 aliphatic carbocycles. The van der Waals surface area contributed by atoms with Gasteiger partial charge in [-0.3, -0.25) is 9.93 Å². The maximum absolute atomic E-state index is 11.3. The molecule has 0 amide bonds. The van der Waals surface area contributed by atoms with Gasteiger partial charge in [0.05, 0.1) is 17.6 Å². The summed E-state index contributed by atoms with van der Waals surface area (Å²) in [6.45, 7) is 0. The number of rotatable bonds is 5. The number of hydrogen-bond acceptors (Lipinski definition) is 6. The average molecular weight is 309 g/mol. The van der Waals surface area contributed by atoms with Crippen LogP contribution in [0, 0.1) is 5.21 Å². The minimum Gasteiger partial charge on any atom is -0.733 e. The van der Waals surface area contributed by atoms with Crippen molar-refractivity contribution in [3.8, 4) is 11.5 Å². The first-order valence-corrected chi connectivity index (χ1v) is 7.75. The number of nitrogens with zero attached hydrogens (tertiary/aromatic N) is 1. The zero-order valence-electron chi connectivity index (χ0n) is 11.1. The van der Waals surface area contributed by atoms with Gasteiger partial charge in [-0.15, -0.1) is 0 Å². The Morgan fingerprint density at radius 3 is 2.43 bits per heavy atom. The second kappa shape index (κ2) is 6.00. The highest BCUT2D eigenvalue weighted by molar-refractivity contribution is 7.92. The van der Waals surface area contributed by atoms with Crippen molar-refractivity contribution in [1.29, 1.82) is 0 Å². The summed E-state index contributed by atoms with van der Waals surface area (Å²) in [7, 11) is -3.51. The number of ether oxygens (including phenoxy) is 1. The lowest BCUT2D eigenvalue weighted by molar-refractivity contribution is 0.296. The van der Waals surface area contributed by atoms with Gasteiger partial charge in [0.15, 0.2) is 5.75 Å². The molecule has 0 aromatic heterocycles. The third-order valence-electron chi connectivity index (χ3n) is 2.45. The van der Waals surface area contributed by atoms with Crippen molar-refractivity contribution in [2.75, 3.05) is 16.2 Å². The van der Waals surface area contributed by atoms with Crippen LogP contribution in [-0.2, 0) is 10.0 Å². The number of benzene rings is 2. The molecule has 0 aliphatic rings. The highest BCUT2D eigenvalue weighted by Gasteiger charge is 2.11. The quantitative estimate of drug-likeness (QED) is 0.823. The van der Waals surface area contributed by atoms with E-state index in [1.807, 2.05) is 0 Å². The second-order valence-electron chi connectivity index (χ2n) is 4.24. The standard InChI is InChI=1S/C13H13N2O5S/c1-21(18,19)14-12-8-7-10(15(16)17)9-13(12)20-11-5-3-2-4-6-11/h2-9,14,16H,1H3/q-1. The molecule has 0 heterocycles. The van der Waals surface area contributed by atoms with Crippen LogP contribution in [0.3, 0.4) is 0 Å². The molecular weight excluding hydrogens is 296 g/mol. The molecule has 0 unspecified atom stereocenters. The molecule has 2 aromatic rings. The van der Waals surface area contributed by atoms with E-state index >= 15 is 0 Å². The van der Waals surface area contributed by atoms with Gasteiger partial charge >= 0.3 is 0 Å². The minimum absolute atomic E-state index is 0.0833. The Bertz CT molecular complexity index is 717. The van der Waals surface area contributed by atoms with Gasteiger partial charge in [0, 0.05) is 6.07 Å². The molecule has 0 saturated carbocycles. The normalized spacial score (nSPS) is 11.0. The smallest absolute Gasteiger partial charge is 0.229 e. The van der Waals surface area contributed by atoms with Crippen LogP contribution in [0.25, 0.3) is 0 Å². The Labute approximate surface area is 122 Å². The van der Waals surface area contributed by atoms with Gasteiger partial charge in [-0.1, -0.05) is 18.2 Å². The Balaban J connectivity index is 2.41. The van der Waals surface area contributed by atoms with Crippen LogP contribution in [-0.4, -0.2) is 19.9 Å². The summed E-state index contributed by atoms with van der Waals surface area (Å²) in [5, 5.41) is 19.5. The van der Waals surface area contributed by atoms with E-state index in [-0.39, 0.29) is 22.4 Å². The van der Waals surface area contributed by atoms with Crippen LogP contribution in [0.15, 0.2) is 48.5 Å². The summed E-state index contributed by atoms with van der Waals surface area (Å²) < 4.78 is 30.5. The van der Waals surface area contributed by atoms with Crippen molar-refractivity contribution in [3.05, 3.63) is 53.7 Å². The number of hydrogen-bond donors (Lipinski definition) is 2. The van der Waals surface area contributed by atoms with Crippen LogP contribution < -0.4 is 14.7 Å². The molecular formula is C13H13N2O5S-. The molecule has 7 nitrogen and oxygen atoms in total. The second-order valence-corrected chi connectivity index (χ2v) is 5.99. The Hall–Kier alpha value is -2.29. The van der Waals surface area contributed by atoms with Crippen molar-refractivity contribution in [1.82, 2.24) is 0 Å².